The number of pyridine rings is 1. The number of nitrogens with two attached hydrogens (primary N) is 1. The van der Waals surface area contributed by atoms with Crippen LogP contribution in [0.1, 0.15) is 16.8 Å². The summed E-state index contributed by atoms with van der Waals surface area (Å²) in [4.78, 5) is 18.0. The Balaban J connectivity index is 0.00000220. The van der Waals surface area contributed by atoms with Crippen LogP contribution in [0.2, 0.25) is 0 Å². The van der Waals surface area contributed by atoms with Crippen molar-refractivity contribution in [2.24, 2.45) is 0 Å². The molecule has 0 radical (unpaired) electrons. The third-order valence-corrected chi connectivity index (χ3v) is 3.11. The summed E-state index contributed by atoms with van der Waals surface area (Å²) >= 11 is 0. The minimum atomic E-state index is 0. The van der Waals surface area contributed by atoms with Crippen LogP contribution in [0.25, 0.3) is 0 Å². The molecule has 1 aromatic carbocycles. The molecule has 2 aromatic rings. The molecule has 0 unspecified atom stereocenters. The van der Waals surface area contributed by atoms with Crippen molar-refractivity contribution in [1.29, 1.82) is 0 Å². The fraction of sp³-hybridized carbons (Fsp3) is 0.250. The van der Waals surface area contributed by atoms with Gasteiger partial charge in [0.15, 0.2) is 0 Å². The molecule has 0 saturated heterocycles. The molecule has 4 nitrogen and oxygen atoms in total. The van der Waals surface area contributed by atoms with Gasteiger partial charge in [-0.25, -0.2) is 0 Å². The molecule has 0 aliphatic rings. The smallest absolute Gasteiger partial charge is 0.228 e. The predicted octanol–water partition coefficient (Wildman–Crippen LogP) is 2.60. The number of anilines is 1. The molecule has 2 rings (SSSR count). The summed E-state index contributed by atoms with van der Waals surface area (Å²) in [6, 6.07) is 11.7. The van der Waals surface area contributed by atoms with Crippen molar-refractivity contribution in [2.45, 2.75) is 19.9 Å². The van der Waals surface area contributed by atoms with Gasteiger partial charge in [0.1, 0.15) is 0 Å². The fourth-order valence-electron chi connectivity index (χ4n) is 2.00. The molecule has 0 aliphatic carbocycles. The SMILES string of the molecule is Cc1cccc(CN(C)C(=O)Cc2ccc(N)cn2)c1.Cl. The van der Waals surface area contributed by atoms with Crippen molar-refractivity contribution in [3.8, 4) is 0 Å². The van der Waals surface area contributed by atoms with E-state index in [2.05, 4.69) is 11.1 Å². The van der Waals surface area contributed by atoms with Crippen LogP contribution >= 0.6 is 12.4 Å². The number of halogens is 1. The van der Waals surface area contributed by atoms with Crippen LogP contribution in [-0.4, -0.2) is 22.8 Å². The number of amides is 1. The highest BCUT2D eigenvalue weighted by Gasteiger charge is 2.11. The average molecular weight is 306 g/mol. The first-order chi connectivity index (χ1) is 9.54. The lowest BCUT2D eigenvalue weighted by molar-refractivity contribution is -0.129. The number of hydrogen-bond donors (Lipinski definition) is 1. The maximum Gasteiger partial charge on any atom is 0.228 e. The number of nitrogens with zero attached hydrogens (tertiary/aromatic N) is 2. The molecule has 0 bridgehead atoms. The lowest BCUT2D eigenvalue weighted by atomic mass is 10.1. The first kappa shape index (κ1) is 17.0. The van der Waals surface area contributed by atoms with E-state index in [0.717, 1.165) is 11.3 Å². The van der Waals surface area contributed by atoms with E-state index in [9.17, 15) is 4.79 Å². The highest BCUT2D eigenvalue weighted by molar-refractivity contribution is 5.85. The maximum absolute atomic E-state index is 12.1. The number of benzene rings is 1. The Hall–Kier alpha value is -2.07. The van der Waals surface area contributed by atoms with E-state index in [1.165, 1.54) is 5.56 Å². The van der Waals surface area contributed by atoms with Crippen molar-refractivity contribution < 1.29 is 4.79 Å². The van der Waals surface area contributed by atoms with Crippen LogP contribution in [0.5, 0.6) is 0 Å². The summed E-state index contributed by atoms with van der Waals surface area (Å²) in [6.45, 7) is 2.65. The van der Waals surface area contributed by atoms with Gasteiger partial charge in [0.2, 0.25) is 5.91 Å². The van der Waals surface area contributed by atoms with E-state index in [1.807, 2.05) is 32.2 Å². The molecule has 21 heavy (non-hydrogen) atoms. The number of hydrogen-bond acceptors (Lipinski definition) is 3. The van der Waals surface area contributed by atoms with Gasteiger partial charge in [-0.1, -0.05) is 29.8 Å². The molecule has 0 aliphatic heterocycles. The Morgan fingerprint density at radius 3 is 2.67 bits per heavy atom. The van der Waals surface area contributed by atoms with E-state index in [4.69, 9.17) is 5.73 Å². The van der Waals surface area contributed by atoms with E-state index in [0.29, 0.717) is 18.7 Å². The molecule has 0 atom stereocenters. The average Bonchev–Trinajstić information content (AvgIpc) is 2.41. The lowest BCUT2D eigenvalue weighted by Crippen LogP contribution is -2.28. The van der Waals surface area contributed by atoms with E-state index < -0.39 is 0 Å². The van der Waals surface area contributed by atoms with Gasteiger partial charge in [-0.05, 0) is 24.6 Å². The molecule has 0 saturated carbocycles. The van der Waals surface area contributed by atoms with Crippen molar-refractivity contribution >= 4 is 24.0 Å². The van der Waals surface area contributed by atoms with Gasteiger partial charge in [0.25, 0.3) is 0 Å². The summed E-state index contributed by atoms with van der Waals surface area (Å²) in [5.74, 6) is 0.0452. The van der Waals surface area contributed by atoms with Gasteiger partial charge in [0, 0.05) is 19.3 Å². The van der Waals surface area contributed by atoms with Crippen LogP contribution in [0.3, 0.4) is 0 Å². The highest BCUT2D eigenvalue weighted by atomic mass is 35.5. The highest BCUT2D eigenvalue weighted by Crippen LogP contribution is 2.08. The summed E-state index contributed by atoms with van der Waals surface area (Å²) in [7, 11) is 1.81. The normalized spacial score (nSPS) is 9.81. The Morgan fingerprint density at radius 1 is 1.29 bits per heavy atom. The van der Waals surface area contributed by atoms with Crippen molar-refractivity contribution in [2.75, 3.05) is 12.8 Å². The first-order valence-electron chi connectivity index (χ1n) is 6.54. The summed E-state index contributed by atoms with van der Waals surface area (Å²) in [5.41, 5.74) is 9.25. The Morgan fingerprint density at radius 2 is 2.05 bits per heavy atom. The molecule has 5 heteroatoms. The van der Waals surface area contributed by atoms with Crippen LogP contribution < -0.4 is 5.73 Å². The van der Waals surface area contributed by atoms with Gasteiger partial charge in [-0.15, -0.1) is 12.4 Å². The van der Waals surface area contributed by atoms with Crippen LogP contribution in [0, 0.1) is 6.92 Å². The van der Waals surface area contributed by atoms with Gasteiger partial charge < -0.3 is 10.6 Å². The second-order valence-electron chi connectivity index (χ2n) is 5.00. The second kappa shape index (κ2) is 7.64. The molecule has 0 spiro atoms. The lowest BCUT2D eigenvalue weighted by Gasteiger charge is -2.17. The Bertz CT molecular complexity index is 599. The Kier molecular flexibility index (Phi) is 6.18. The number of likely N-dealkylation sites (N-methyl/N-ethyl adjacent to an activating group) is 1. The molecular weight excluding hydrogens is 286 g/mol. The third-order valence-electron chi connectivity index (χ3n) is 3.11. The molecule has 2 N–H and O–H groups in total. The standard InChI is InChI=1S/C16H19N3O.ClH/c1-12-4-3-5-13(8-12)11-19(2)16(20)9-15-7-6-14(17)10-18-15;/h3-8,10H,9,11,17H2,1-2H3;1H. The van der Waals surface area contributed by atoms with Crippen LogP contribution in [0.4, 0.5) is 5.69 Å². The zero-order valence-electron chi connectivity index (χ0n) is 12.2. The number of nitrogen functional groups attached to an aromatic ring is 1. The minimum absolute atomic E-state index is 0. The summed E-state index contributed by atoms with van der Waals surface area (Å²) in [5, 5.41) is 0. The minimum Gasteiger partial charge on any atom is -0.397 e. The molecule has 0 fully saturated rings. The number of aryl methyl sites for hydroxylation is 1. The van der Waals surface area contributed by atoms with Crippen molar-refractivity contribution in [3.63, 3.8) is 0 Å². The van der Waals surface area contributed by atoms with Gasteiger partial charge in [0.05, 0.1) is 18.3 Å². The largest absolute Gasteiger partial charge is 0.397 e. The van der Waals surface area contributed by atoms with E-state index >= 15 is 0 Å². The number of carbonyl (C=O) groups excluding carboxylic acids is 1. The zero-order valence-corrected chi connectivity index (χ0v) is 13.1. The number of aromatic nitrogens is 1. The van der Waals surface area contributed by atoms with Gasteiger partial charge in [-0.2, -0.15) is 0 Å². The van der Waals surface area contributed by atoms with Crippen LogP contribution in [-0.2, 0) is 17.8 Å². The molecule has 112 valence electrons. The number of carbonyl (C=O) groups is 1. The van der Waals surface area contributed by atoms with E-state index in [-0.39, 0.29) is 18.3 Å². The predicted molar refractivity (Wildman–Crippen MR) is 87.3 cm³/mol. The molecular formula is C16H20ClN3O. The Labute approximate surface area is 131 Å². The first-order valence-corrected chi connectivity index (χ1v) is 6.54. The quantitative estimate of drug-likeness (QED) is 0.944. The molecule has 1 amide bonds. The topological polar surface area (TPSA) is 59.2 Å². The zero-order chi connectivity index (χ0) is 14.5. The monoisotopic (exact) mass is 305 g/mol. The fourth-order valence-corrected chi connectivity index (χ4v) is 2.00. The summed E-state index contributed by atoms with van der Waals surface area (Å²) in [6.07, 6.45) is 1.87. The summed E-state index contributed by atoms with van der Waals surface area (Å²) < 4.78 is 0. The number of rotatable bonds is 4. The molecule has 1 heterocycles. The maximum atomic E-state index is 12.1. The van der Waals surface area contributed by atoms with E-state index in [1.54, 1.807) is 23.2 Å². The van der Waals surface area contributed by atoms with Crippen LogP contribution in [0.15, 0.2) is 42.6 Å². The van der Waals surface area contributed by atoms with Gasteiger partial charge in [-0.3, -0.25) is 9.78 Å². The second-order valence-corrected chi connectivity index (χ2v) is 5.00. The van der Waals surface area contributed by atoms with Crippen molar-refractivity contribution in [1.82, 2.24) is 9.88 Å². The van der Waals surface area contributed by atoms with Crippen molar-refractivity contribution in [3.05, 3.63) is 59.4 Å². The van der Waals surface area contributed by atoms with Gasteiger partial charge >= 0.3 is 0 Å². The third kappa shape index (κ3) is 5.08. The molecule has 1 aromatic heterocycles.